The average molecular weight is 277 g/mol. The molecule has 6 heteroatoms. The molecule has 0 aliphatic carbocycles. The quantitative estimate of drug-likeness (QED) is 0.875. The lowest BCUT2D eigenvalue weighted by molar-refractivity contribution is 0.102. The number of carbonyl (C=O) groups excluding carboxylic acids is 1. The third-order valence-corrected chi connectivity index (χ3v) is 2.68. The molecule has 0 saturated heterocycles. The van der Waals surface area contributed by atoms with Gasteiger partial charge in [0.1, 0.15) is 11.5 Å². The van der Waals surface area contributed by atoms with Gasteiger partial charge in [-0.3, -0.25) is 4.79 Å². The molecular weight excluding hydrogens is 264 g/mol. The number of hydrogen-bond donors (Lipinski definition) is 1. The van der Waals surface area contributed by atoms with E-state index in [1.165, 1.54) is 24.8 Å². The molecule has 0 fully saturated rings. The van der Waals surface area contributed by atoms with Gasteiger partial charge in [-0.15, -0.1) is 0 Å². The summed E-state index contributed by atoms with van der Waals surface area (Å²) in [6.45, 7) is 3.98. The highest BCUT2D eigenvalue weighted by molar-refractivity contribution is 6.29. The minimum atomic E-state index is -0.263. The number of hydrogen-bond acceptors (Lipinski definition) is 4. The van der Waals surface area contributed by atoms with Crippen molar-refractivity contribution in [2.75, 3.05) is 5.32 Å². The van der Waals surface area contributed by atoms with Crippen LogP contribution in [0.1, 0.15) is 35.8 Å². The van der Waals surface area contributed by atoms with Crippen molar-refractivity contribution in [3.05, 3.63) is 47.3 Å². The Morgan fingerprint density at radius 3 is 2.58 bits per heavy atom. The molecule has 0 unspecified atom stereocenters. The summed E-state index contributed by atoms with van der Waals surface area (Å²) in [4.78, 5) is 23.9. The average Bonchev–Trinajstić information content (AvgIpc) is 2.39. The van der Waals surface area contributed by atoms with E-state index in [1.807, 2.05) is 13.8 Å². The van der Waals surface area contributed by atoms with Gasteiger partial charge >= 0.3 is 0 Å². The van der Waals surface area contributed by atoms with E-state index in [-0.39, 0.29) is 11.8 Å². The van der Waals surface area contributed by atoms with E-state index in [2.05, 4.69) is 20.3 Å². The molecule has 2 heterocycles. The number of pyridine rings is 1. The zero-order chi connectivity index (χ0) is 13.8. The summed E-state index contributed by atoms with van der Waals surface area (Å²) in [6, 6.07) is 3.27. The molecule has 0 radical (unpaired) electrons. The molecule has 0 aliphatic rings. The molecule has 5 nitrogen and oxygen atoms in total. The van der Waals surface area contributed by atoms with Gasteiger partial charge in [0.25, 0.3) is 5.91 Å². The number of nitrogens with zero attached hydrogens (tertiary/aromatic N) is 3. The van der Waals surface area contributed by atoms with Gasteiger partial charge in [-0.1, -0.05) is 25.4 Å². The van der Waals surface area contributed by atoms with E-state index in [0.29, 0.717) is 16.4 Å². The predicted octanol–water partition coefficient (Wildman–Crippen LogP) is 2.90. The Morgan fingerprint density at radius 2 is 1.95 bits per heavy atom. The van der Waals surface area contributed by atoms with Crippen LogP contribution in [0.4, 0.5) is 5.69 Å². The molecule has 2 rings (SSSR count). The van der Waals surface area contributed by atoms with E-state index in [9.17, 15) is 4.79 Å². The number of anilines is 1. The Bertz CT molecular complexity index is 586. The van der Waals surface area contributed by atoms with Crippen LogP contribution >= 0.6 is 11.6 Å². The Balaban J connectivity index is 2.24. The molecule has 2 aromatic rings. The second-order valence-corrected chi connectivity index (χ2v) is 4.73. The van der Waals surface area contributed by atoms with Gasteiger partial charge in [0, 0.05) is 11.3 Å². The first kappa shape index (κ1) is 13.4. The zero-order valence-electron chi connectivity index (χ0n) is 10.6. The normalized spacial score (nSPS) is 10.5. The first-order valence-electron chi connectivity index (χ1n) is 5.80. The maximum atomic E-state index is 12.1. The van der Waals surface area contributed by atoms with Crippen LogP contribution < -0.4 is 5.32 Å². The monoisotopic (exact) mass is 276 g/mol. The van der Waals surface area contributed by atoms with Crippen molar-refractivity contribution in [1.29, 1.82) is 0 Å². The number of amides is 1. The third-order valence-electron chi connectivity index (χ3n) is 2.49. The van der Waals surface area contributed by atoms with Gasteiger partial charge in [0.15, 0.2) is 0 Å². The summed E-state index contributed by atoms with van der Waals surface area (Å²) in [5, 5.41) is 3.01. The molecule has 0 aromatic carbocycles. The minimum Gasteiger partial charge on any atom is -0.319 e. The number of aromatic nitrogens is 3. The molecule has 0 saturated carbocycles. The van der Waals surface area contributed by atoms with E-state index in [1.54, 1.807) is 6.07 Å². The fourth-order valence-corrected chi connectivity index (χ4v) is 1.73. The lowest BCUT2D eigenvalue weighted by atomic mass is 10.1. The maximum absolute atomic E-state index is 12.1. The fraction of sp³-hybridized carbons (Fsp3) is 0.231. The smallest absolute Gasteiger partial charge is 0.255 e. The Labute approximate surface area is 116 Å². The lowest BCUT2D eigenvalue weighted by Crippen LogP contribution is -2.13. The fourth-order valence-electron chi connectivity index (χ4n) is 1.51. The Morgan fingerprint density at radius 1 is 1.26 bits per heavy atom. The summed E-state index contributed by atoms with van der Waals surface area (Å²) in [6.07, 6.45) is 4.45. The van der Waals surface area contributed by atoms with Crippen LogP contribution in [-0.4, -0.2) is 20.9 Å². The molecule has 0 spiro atoms. The standard InChI is InChI=1S/C13H13ClN4O/c1-8(2)11-3-9(4-12(14)18-11)13(19)17-10-5-15-7-16-6-10/h3-8H,1-2H3,(H,17,19). The predicted molar refractivity (Wildman–Crippen MR) is 73.3 cm³/mol. The van der Waals surface area contributed by atoms with Gasteiger partial charge in [0.05, 0.1) is 18.1 Å². The van der Waals surface area contributed by atoms with Crippen LogP contribution in [-0.2, 0) is 0 Å². The minimum absolute atomic E-state index is 0.199. The summed E-state index contributed by atoms with van der Waals surface area (Å²) in [5.74, 6) is -0.0636. The van der Waals surface area contributed by atoms with Gasteiger partial charge in [-0.25, -0.2) is 15.0 Å². The largest absolute Gasteiger partial charge is 0.319 e. The highest BCUT2D eigenvalue weighted by Crippen LogP contribution is 2.18. The van der Waals surface area contributed by atoms with Gasteiger partial charge in [-0.2, -0.15) is 0 Å². The summed E-state index contributed by atoms with van der Waals surface area (Å²) in [7, 11) is 0. The van der Waals surface area contributed by atoms with Crippen molar-refractivity contribution in [3.63, 3.8) is 0 Å². The molecule has 2 aromatic heterocycles. The van der Waals surface area contributed by atoms with E-state index in [0.717, 1.165) is 5.69 Å². The number of halogens is 1. The van der Waals surface area contributed by atoms with Gasteiger partial charge in [-0.05, 0) is 18.1 Å². The first-order valence-corrected chi connectivity index (χ1v) is 6.18. The second kappa shape index (κ2) is 5.75. The molecule has 0 atom stereocenters. The van der Waals surface area contributed by atoms with Crippen LogP contribution in [0, 0.1) is 0 Å². The maximum Gasteiger partial charge on any atom is 0.255 e. The Kier molecular flexibility index (Phi) is 4.06. The van der Waals surface area contributed by atoms with Crippen LogP contribution in [0.2, 0.25) is 5.15 Å². The molecular formula is C13H13ClN4O. The molecule has 19 heavy (non-hydrogen) atoms. The van der Waals surface area contributed by atoms with Crippen molar-refractivity contribution in [2.24, 2.45) is 0 Å². The SMILES string of the molecule is CC(C)c1cc(C(=O)Nc2cncnc2)cc(Cl)n1. The van der Waals surface area contributed by atoms with Crippen molar-refractivity contribution in [3.8, 4) is 0 Å². The summed E-state index contributed by atoms with van der Waals surface area (Å²) in [5.41, 5.74) is 1.78. The Hall–Kier alpha value is -2.01. The zero-order valence-corrected chi connectivity index (χ0v) is 11.3. The van der Waals surface area contributed by atoms with Crippen LogP contribution in [0.15, 0.2) is 30.9 Å². The first-order chi connectivity index (χ1) is 9.06. The van der Waals surface area contributed by atoms with Crippen molar-refractivity contribution in [1.82, 2.24) is 15.0 Å². The molecule has 1 amide bonds. The molecule has 0 bridgehead atoms. The molecule has 1 N–H and O–H groups in total. The van der Waals surface area contributed by atoms with Crippen molar-refractivity contribution < 1.29 is 4.79 Å². The lowest BCUT2D eigenvalue weighted by Gasteiger charge is -2.09. The van der Waals surface area contributed by atoms with Gasteiger partial charge in [0.2, 0.25) is 0 Å². The van der Waals surface area contributed by atoms with E-state index < -0.39 is 0 Å². The number of carbonyl (C=O) groups is 1. The van der Waals surface area contributed by atoms with Crippen molar-refractivity contribution >= 4 is 23.2 Å². The van der Waals surface area contributed by atoms with Gasteiger partial charge < -0.3 is 5.32 Å². The second-order valence-electron chi connectivity index (χ2n) is 4.34. The van der Waals surface area contributed by atoms with E-state index in [4.69, 9.17) is 11.6 Å². The number of nitrogens with one attached hydrogen (secondary N) is 1. The highest BCUT2D eigenvalue weighted by Gasteiger charge is 2.11. The van der Waals surface area contributed by atoms with Crippen molar-refractivity contribution in [2.45, 2.75) is 19.8 Å². The summed E-state index contributed by atoms with van der Waals surface area (Å²) < 4.78 is 0. The number of rotatable bonds is 3. The van der Waals surface area contributed by atoms with Crippen LogP contribution in [0.25, 0.3) is 0 Å². The van der Waals surface area contributed by atoms with Crippen LogP contribution in [0.5, 0.6) is 0 Å². The van der Waals surface area contributed by atoms with Crippen LogP contribution in [0.3, 0.4) is 0 Å². The molecule has 0 aliphatic heterocycles. The third kappa shape index (κ3) is 3.48. The van der Waals surface area contributed by atoms with E-state index >= 15 is 0 Å². The topological polar surface area (TPSA) is 67.8 Å². The summed E-state index contributed by atoms with van der Waals surface area (Å²) >= 11 is 5.93. The highest BCUT2D eigenvalue weighted by atomic mass is 35.5. The molecule has 98 valence electrons.